The number of carbonyl (C=O) groups excluding carboxylic acids is 1. The number of piperidine rings is 1. The van der Waals surface area contributed by atoms with Crippen molar-refractivity contribution in [1.29, 1.82) is 0 Å². The van der Waals surface area contributed by atoms with Crippen molar-refractivity contribution in [3.8, 4) is 0 Å². The monoisotopic (exact) mass is 205 g/mol. The first kappa shape index (κ1) is 10.8. The van der Waals surface area contributed by atoms with Gasteiger partial charge in [0.05, 0.1) is 13.5 Å². The molecule has 0 radical (unpaired) electrons. The van der Waals surface area contributed by atoms with Crippen LogP contribution in [0.1, 0.15) is 25.7 Å². The second kappa shape index (κ2) is 4.29. The lowest BCUT2D eigenvalue weighted by Crippen LogP contribution is -2.37. The van der Waals surface area contributed by atoms with Crippen LogP contribution in [-0.4, -0.2) is 25.2 Å². The standard InChI is InChI=1S/C9H15NO2.ClH/c1-12-9(11)5-8-6-2-3-7(4-6)10-8;/h6-8,10H,2-5H2,1H3;1H/t6-,7+,8+;/m0./s1. The van der Waals surface area contributed by atoms with Crippen LogP contribution < -0.4 is 5.32 Å². The molecule has 3 nitrogen and oxygen atoms in total. The summed E-state index contributed by atoms with van der Waals surface area (Å²) in [5, 5.41) is 3.45. The summed E-state index contributed by atoms with van der Waals surface area (Å²) in [6.07, 6.45) is 4.40. The number of ether oxygens (including phenoxy) is 1. The Bertz CT molecular complexity index is 198. The maximum Gasteiger partial charge on any atom is 0.307 e. The SMILES string of the molecule is COC(=O)C[C@H]1N[C@@H]2CC[C@H]1C2.Cl. The zero-order valence-corrected chi connectivity index (χ0v) is 8.60. The fraction of sp³-hybridized carbons (Fsp3) is 0.889. The van der Waals surface area contributed by atoms with E-state index < -0.39 is 0 Å². The average Bonchev–Trinajstić information content (AvgIpc) is 2.64. The summed E-state index contributed by atoms with van der Waals surface area (Å²) in [5.41, 5.74) is 0. The van der Waals surface area contributed by atoms with Crippen LogP contribution in [-0.2, 0) is 9.53 Å². The van der Waals surface area contributed by atoms with Crippen LogP contribution in [0.4, 0.5) is 0 Å². The minimum Gasteiger partial charge on any atom is -0.469 e. The predicted molar refractivity (Wildman–Crippen MR) is 51.9 cm³/mol. The Balaban J connectivity index is 0.000000845. The molecule has 1 N–H and O–H groups in total. The molecule has 1 saturated heterocycles. The molecule has 1 saturated carbocycles. The van der Waals surface area contributed by atoms with Crippen molar-refractivity contribution in [2.75, 3.05) is 7.11 Å². The van der Waals surface area contributed by atoms with Gasteiger partial charge in [0.1, 0.15) is 0 Å². The first-order chi connectivity index (χ1) is 5.79. The molecule has 2 bridgehead atoms. The molecule has 0 amide bonds. The number of halogens is 1. The molecule has 2 fully saturated rings. The number of esters is 1. The Hall–Kier alpha value is -0.280. The summed E-state index contributed by atoms with van der Waals surface area (Å²) in [5.74, 6) is 0.647. The Morgan fingerprint density at radius 2 is 2.31 bits per heavy atom. The molecule has 13 heavy (non-hydrogen) atoms. The number of nitrogens with one attached hydrogen (secondary N) is 1. The predicted octanol–water partition coefficient (Wildman–Crippen LogP) is 1.11. The highest BCUT2D eigenvalue weighted by molar-refractivity contribution is 5.85. The van der Waals surface area contributed by atoms with Crippen LogP contribution in [0.15, 0.2) is 0 Å². The minimum atomic E-state index is -0.0833. The van der Waals surface area contributed by atoms with Gasteiger partial charge < -0.3 is 10.1 Å². The van der Waals surface area contributed by atoms with Gasteiger partial charge in [-0.25, -0.2) is 0 Å². The molecule has 1 aliphatic heterocycles. The summed E-state index contributed by atoms with van der Waals surface area (Å²) in [7, 11) is 1.45. The molecule has 1 heterocycles. The molecule has 0 spiro atoms. The van der Waals surface area contributed by atoms with E-state index in [1.807, 2.05) is 0 Å². The molecule has 2 rings (SSSR count). The van der Waals surface area contributed by atoms with E-state index in [1.54, 1.807) is 0 Å². The van der Waals surface area contributed by atoms with Gasteiger partial charge in [0, 0.05) is 12.1 Å². The van der Waals surface area contributed by atoms with Crippen molar-refractivity contribution in [2.45, 2.75) is 37.8 Å². The summed E-state index contributed by atoms with van der Waals surface area (Å²) in [4.78, 5) is 11.0. The van der Waals surface area contributed by atoms with Crippen LogP contribution in [0.2, 0.25) is 0 Å². The van der Waals surface area contributed by atoms with Crippen molar-refractivity contribution in [3.05, 3.63) is 0 Å². The first-order valence-electron chi connectivity index (χ1n) is 4.62. The van der Waals surface area contributed by atoms with Crippen molar-refractivity contribution < 1.29 is 9.53 Å². The van der Waals surface area contributed by atoms with Gasteiger partial charge >= 0.3 is 5.97 Å². The number of rotatable bonds is 2. The number of carbonyl (C=O) groups is 1. The van der Waals surface area contributed by atoms with Gasteiger partial charge in [0.25, 0.3) is 0 Å². The average molecular weight is 206 g/mol. The van der Waals surface area contributed by atoms with Gasteiger partial charge in [-0.15, -0.1) is 12.4 Å². The van der Waals surface area contributed by atoms with Crippen molar-refractivity contribution >= 4 is 18.4 Å². The third-order valence-corrected chi connectivity index (χ3v) is 3.11. The molecule has 4 heteroatoms. The second-order valence-corrected chi connectivity index (χ2v) is 3.82. The van der Waals surface area contributed by atoms with Gasteiger partial charge in [0.15, 0.2) is 0 Å². The number of methoxy groups -OCH3 is 1. The third-order valence-electron chi connectivity index (χ3n) is 3.11. The van der Waals surface area contributed by atoms with Gasteiger partial charge in [-0.2, -0.15) is 0 Å². The van der Waals surface area contributed by atoms with Crippen LogP contribution in [0.3, 0.4) is 0 Å². The van der Waals surface area contributed by atoms with Crippen molar-refractivity contribution in [3.63, 3.8) is 0 Å². The third kappa shape index (κ3) is 2.15. The van der Waals surface area contributed by atoms with E-state index in [0.717, 1.165) is 5.92 Å². The van der Waals surface area contributed by atoms with Gasteiger partial charge in [-0.05, 0) is 25.2 Å². The van der Waals surface area contributed by atoms with E-state index in [4.69, 9.17) is 0 Å². The highest BCUT2D eigenvalue weighted by Gasteiger charge is 2.39. The van der Waals surface area contributed by atoms with Crippen molar-refractivity contribution in [1.82, 2.24) is 5.32 Å². The largest absolute Gasteiger partial charge is 0.469 e. The van der Waals surface area contributed by atoms with E-state index in [9.17, 15) is 4.79 Å². The first-order valence-corrected chi connectivity index (χ1v) is 4.62. The summed E-state index contributed by atoms with van der Waals surface area (Å²) in [6.45, 7) is 0. The smallest absolute Gasteiger partial charge is 0.307 e. The molecule has 0 unspecified atom stereocenters. The maximum absolute atomic E-state index is 11.0. The van der Waals surface area contributed by atoms with E-state index >= 15 is 0 Å². The van der Waals surface area contributed by atoms with Gasteiger partial charge in [-0.3, -0.25) is 4.79 Å². The molecule has 3 atom stereocenters. The lowest BCUT2D eigenvalue weighted by atomic mass is 9.97. The molecule has 2 aliphatic rings. The number of fused-ring (bicyclic) bond motifs is 2. The molecular formula is C9H16ClNO2. The highest BCUT2D eigenvalue weighted by atomic mass is 35.5. The van der Waals surface area contributed by atoms with Crippen LogP contribution in [0.5, 0.6) is 0 Å². The van der Waals surface area contributed by atoms with E-state index in [2.05, 4.69) is 10.1 Å². The van der Waals surface area contributed by atoms with Crippen LogP contribution in [0.25, 0.3) is 0 Å². The zero-order valence-electron chi connectivity index (χ0n) is 7.79. The Morgan fingerprint density at radius 3 is 2.77 bits per heavy atom. The summed E-state index contributed by atoms with van der Waals surface area (Å²) in [6, 6.07) is 1.08. The molecule has 76 valence electrons. The minimum absolute atomic E-state index is 0. The highest BCUT2D eigenvalue weighted by Crippen LogP contribution is 2.36. The Morgan fingerprint density at radius 1 is 1.54 bits per heavy atom. The number of hydrogen-bond acceptors (Lipinski definition) is 3. The molecule has 0 aromatic heterocycles. The van der Waals surface area contributed by atoms with Crippen LogP contribution in [0, 0.1) is 5.92 Å². The normalized spacial score (nSPS) is 35.6. The number of hydrogen-bond donors (Lipinski definition) is 1. The summed E-state index contributed by atoms with van der Waals surface area (Å²) >= 11 is 0. The zero-order chi connectivity index (χ0) is 8.55. The Kier molecular flexibility index (Phi) is 3.56. The maximum atomic E-state index is 11.0. The molecular weight excluding hydrogens is 190 g/mol. The van der Waals surface area contributed by atoms with E-state index in [0.29, 0.717) is 18.5 Å². The Labute approximate surface area is 84.6 Å². The fourth-order valence-corrected chi connectivity index (χ4v) is 2.46. The van der Waals surface area contributed by atoms with Crippen molar-refractivity contribution in [2.24, 2.45) is 5.92 Å². The lowest BCUT2D eigenvalue weighted by Gasteiger charge is -2.21. The summed E-state index contributed by atoms with van der Waals surface area (Å²) < 4.78 is 4.64. The van der Waals surface area contributed by atoms with Gasteiger partial charge in [0.2, 0.25) is 0 Å². The second-order valence-electron chi connectivity index (χ2n) is 3.82. The molecule has 0 aromatic rings. The molecule has 0 aromatic carbocycles. The molecule has 1 aliphatic carbocycles. The van der Waals surface area contributed by atoms with Crippen LogP contribution >= 0.6 is 12.4 Å². The van der Waals surface area contributed by atoms with Gasteiger partial charge in [-0.1, -0.05) is 0 Å². The van der Waals surface area contributed by atoms with E-state index in [1.165, 1.54) is 26.4 Å². The fourth-order valence-electron chi connectivity index (χ4n) is 2.46. The van der Waals surface area contributed by atoms with E-state index in [-0.39, 0.29) is 18.4 Å². The lowest BCUT2D eigenvalue weighted by molar-refractivity contribution is -0.141. The topological polar surface area (TPSA) is 38.3 Å². The quantitative estimate of drug-likeness (QED) is 0.687.